The van der Waals surface area contributed by atoms with E-state index in [0.717, 1.165) is 42.4 Å². The van der Waals surface area contributed by atoms with Crippen LogP contribution in [0.4, 0.5) is 0 Å². The van der Waals surface area contributed by atoms with Crippen molar-refractivity contribution >= 4 is 5.97 Å². The van der Waals surface area contributed by atoms with Crippen LogP contribution in [0.2, 0.25) is 0 Å². The van der Waals surface area contributed by atoms with Crippen LogP contribution >= 0.6 is 0 Å². The molecule has 4 aliphatic carbocycles. The highest BCUT2D eigenvalue weighted by atomic mass is 16.4. The molecule has 4 rings (SSSR count). The molecule has 0 amide bonds. The molecule has 1 N–H and O–H groups in total. The molecule has 3 saturated carbocycles. The first-order chi connectivity index (χ1) is 12.8. The molecule has 0 radical (unpaired) electrons. The Labute approximate surface area is 164 Å². The summed E-state index contributed by atoms with van der Waals surface area (Å²) < 4.78 is 0. The Morgan fingerprint density at radius 1 is 1.41 bits per heavy atom. The van der Waals surface area contributed by atoms with Crippen LogP contribution in [0.1, 0.15) is 72.1 Å². The molecule has 3 fully saturated rings. The van der Waals surface area contributed by atoms with Crippen molar-refractivity contribution in [1.29, 1.82) is 0 Å². The van der Waals surface area contributed by atoms with Gasteiger partial charge in [0.05, 0.1) is 0 Å². The highest BCUT2D eigenvalue weighted by Gasteiger charge is 2.68. The smallest absolute Gasteiger partial charge is 0.330 e. The number of allylic oxidation sites excluding steroid dienone is 4. The molecular weight excluding hydrogens is 332 g/mol. The van der Waals surface area contributed by atoms with E-state index in [1.807, 2.05) is 6.08 Å². The highest BCUT2D eigenvalue weighted by molar-refractivity contribution is 5.85. The zero-order valence-electron chi connectivity index (χ0n) is 17.3. The summed E-state index contributed by atoms with van der Waals surface area (Å²) in [6.45, 7) is 11.2. The Morgan fingerprint density at radius 2 is 2.19 bits per heavy atom. The van der Waals surface area contributed by atoms with Gasteiger partial charge in [-0.05, 0) is 99.2 Å². The molecule has 0 saturated heterocycles. The summed E-state index contributed by atoms with van der Waals surface area (Å²) in [6.07, 6.45) is 14.3. The number of carboxylic acid groups (broad SMARTS) is 1. The maximum absolute atomic E-state index is 11.0. The van der Waals surface area contributed by atoms with Crippen LogP contribution in [0.25, 0.3) is 0 Å². The third-order valence-electron chi connectivity index (χ3n) is 8.79. The first-order valence-corrected chi connectivity index (χ1v) is 11.1. The van der Waals surface area contributed by atoms with Gasteiger partial charge in [0.1, 0.15) is 0 Å². The summed E-state index contributed by atoms with van der Waals surface area (Å²) in [5, 5.41) is 9.08. The zero-order chi connectivity index (χ0) is 19.3. The third-order valence-corrected chi connectivity index (χ3v) is 8.79. The van der Waals surface area contributed by atoms with Crippen LogP contribution in [-0.2, 0) is 4.79 Å². The van der Waals surface area contributed by atoms with Crippen LogP contribution in [0, 0.1) is 40.9 Å². The van der Waals surface area contributed by atoms with Crippen molar-refractivity contribution in [1.82, 2.24) is 0 Å². The lowest BCUT2D eigenvalue weighted by Crippen LogP contribution is -2.36. The Hall–Kier alpha value is -1.31. The van der Waals surface area contributed by atoms with Crippen LogP contribution in [0.15, 0.2) is 35.5 Å². The summed E-state index contributed by atoms with van der Waals surface area (Å²) in [7, 11) is 0. The fourth-order valence-corrected chi connectivity index (χ4v) is 7.26. The molecule has 0 bridgehead atoms. The second kappa shape index (κ2) is 6.94. The first kappa shape index (κ1) is 19.0. The third kappa shape index (κ3) is 3.13. The van der Waals surface area contributed by atoms with Crippen molar-refractivity contribution < 1.29 is 9.90 Å². The topological polar surface area (TPSA) is 37.3 Å². The number of fused-ring (bicyclic) bond motifs is 3. The molecule has 7 unspecified atom stereocenters. The number of carbonyl (C=O) groups is 1. The van der Waals surface area contributed by atoms with Gasteiger partial charge in [0.25, 0.3) is 0 Å². The molecule has 0 aromatic heterocycles. The van der Waals surface area contributed by atoms with Gasteiger partial charge < -0.3 is 5.11 Å². The summed E-state index contributed by atoms with van der Waals surface area (Å²) in [4.78, 5) is 11.0. The van der Waals surface area contributed by atoms with Crippen LogP contribution < -0.4 is 0 Å². The lowest BCUT2D eigenvalue weighted by Gasteiger charge is -2.44. The Bertz CT molecular complexity index is 699. The van der Waals surface area contributed by atoms with E-state index in [-0.39, 0.29) is 0 Å². The van der Waals surface area contributed by atoms with Gasteiger partial charge >= 0.3 is 5.97 Å². The molecule has 0 heterocycles. The summed E-state index contributed by atoms with van der Waals surface area (Å²) in [5.41, 5.74) is 4.35. The fraction of sp³-hybridized carbons (Fsp3) is 0.720. The largest absolute Gasteiger partial charge is 0.478 e. The van der Waals surface area contributed by atoms with Gasteiger partial charge in [-0.3, -0.25) is 0 Å². The highest BCUT2D eigenvalue weighted by Crippen LogP contribution is 2.75. The number of aliphatic carboxylic acids is 1. The molecule has 4 aliphatic rings. The molecule has 0 aliphatic heterocycles. The van der Waals surface area contributed by atoms with E-state index >= 15 is 0 Å². The predicted molar refractivity (Wildman–Crippen MR) is 110 cm³/mol. The quantitative estimate of drug-likeness (QED) is 0.450. The predicted octanol–water partition coefficient (Wildman–Crippen LogP) is 6.40. The molecule has 0 spiro atoms. The van der Waals surface area contributed by atoms with E-state index in [1.54, 1.807) is 12.5 Å². The molecule has 0 aromatic rings. The Balaban J connectivity index is 1.53. The van der Waals surface area contributed by atoms with E-state index in [2.05, 4.69) is 26.5 Å². The van der Waals surface area contributed by atoms with E-state index < -0.39 is 5.97 Å². The summed E-state index contributed by atoms with van der Waals surface area (Å²) in [6, 6.07) is 0. The number of carboxylic acids is 1. The van der Waals surface area contributed by atoms with Crippen molar-refractivity contribution in [2.45, 2.75) is 72.1 Å². The average Bonchev–Trinajstić information content (AvgIpc) is 3.30. The Morgan fingerprint density at radius 3 is 2.93 bits per heavy atom. The molecule has 27 heavy (non-hydrogen) atoms. The van der Waals surface area contributed by atoms with Gasteiger partial charge in [0.2, 0.25) is 0 Å². The SMILES string of the molecule is C=C1CCC(C(C)CCC=C(C)C(=O)O)C2C1CCC1=CCCC3(C)C1C23. The first-order valence-electron chi connectivity index (χ1n) is 11.1. The van der Waals surface area contributed by atoms with Crippen LogP contribution in [-0.4, -0.2) is 11.1 Å². The lowest BCUT2D eigenvalue weighted by molar-refractivity contribution is -0.132. The molecule has 2 heteroatoms. The Kier molecular flexibility index (Phi) is 4.89. The van der Waals surface area contributed by atoms with Gasteiger partial charge in [-0.25, -0.2) is 4.79 Å². The maximum atomic E-state index is 11.0. The molecular formula is C25H36O2. The minimum absolute atomic E-state index is 0.488. The number of hydrogen-bond acceptors (Lipinski definition) is 1. The lowest BCUT2D eigenvalue weighted by atomic mass is 9.61. The second-order valence-electron chi connectivity index (χ2n) is 10.2. The molecule has 0 aromatic carbocycles. The van der Waals surface area contributed by atoms with Crippen molar-refractivity contribution in [3.05, 3.63) is 35.5 Å². The summed E-state index contributed by atoms with van der Waals surface area (Å²) >= 11 is 0. The monoisotopic (exact) mass is 368 g/mol. The van der Waals surface area contributed by atoms with E-state index in [9.17, 15) is 4.79 Å². The van der Waals surface area contributed by atoms with Crippen molar-refractivity contribution in [2.24, 2.45) is 40.9 Å². The maximum Gasteiger partial charge on any atom is 0.330 e. The van der Waals surface area contributed by atoms with Crippen molar-refractivity contribution in [3.63, 3.8) is 0 Å². The van der Waals surface area contributed by atoms with Gasteiger partial charge in [-0.1, -0.05) is 43.7 Å². The van der Waals surface area contributed by atoms with Crippen molar-refractivity contribution in [2.75, 3.05) is 0 Å². The fourth-order valence-electron chi connectivity index (χ4n) is 7.26. The van der Waals surface area contributed by atoms with E-state index in [0.29, 0.717) is 16.9 Å². The van der Waals surface area contributed by atoms with E-state index in [1.165, 1.54) is 44.1 Å². The van der Waals surface area contributed by atoms with Crippen LogP contribution in [0.3, 0.4) is 0 Å². The number of rotatable bonds is 5. The second-order valence-corrected chi connectivity index (χ2v) is 10.2. The minimum Gasteiger partial charge on any atom is -0.478 e. The molecule has 148 valence electrons. The summed E-state index contributed by atoms with van der Waals surface area (Å²) in [5.74, 6) is 3.93. The van der Waals surface area contributed by atoms with Gasteiger partial charge in [-0.2, -0.15) is 0 Å². The minimum atomic E-state index is -0.783. The molecule has 7 atom stereocenters. The molecule has 2 nitrogen and oxygen atoms in total. The van der Waals surface area contributed by atoms with Crippen molar-refractivity contribution in [3.8, 4) is 0 Å². The normalized spacial score (nSPS) is 41.7. The van der Waals surface area contributed by atoms with Gasteiger partial charge in [0.15, 0.2) is 0 Å². The zero-order valence-corrected chi connectivity index (χ0v) is 17.3. The van der Waals surface area contributed by atoms with Crippen LogP contribution in [0.5, 0.6) is 0 Å². The standard InChI is InChI=1S/C25H36O2/c1-15(7-5-8-17(3)24(26)27)19-12-10-16(2)20-13-11-18-9-6-14-25(4)22(18)23(25)21(19)20/h8-9,15,19-23H,2,5-7,10-14H2,1,3-4H3,(H,26,27). The van der Waals surface area contributed by atoms with E-state index in [4.69, 9.17) is 5.11 Å². The van der Waals surface area contributed by atoms with Gasteiger partial charge in [0, 0.05) is 5.57 Å². The number of hydrogen-bond donors (Lipinski definition) is 1. The average molecular weight is 369 g/mol. The van der Waals surface area contributed by atoms with Gasteiger partial charge in [-0.15, -0.1) is 0 Å².